The Kier molecular flexibility index (Phi) is 17.4. The molecule has 0 spiro atoms. The van der Waals surface area contributed by atoms with Crippen LogP contribution >= 0.6 is 11.8 Å². The zero-order valence-electron chi connectivity index (χ0n) is 31.8. The van der Waals surface area contributed by atoms with Crippen LogP contribution in [0.3, 0.4) is 0 Å². The summed E-state index contributed by atoms with van der Waals surface area (Å²) < 4.78 is 17.6. The maximum Gasteiger partial charge on any atom is 0.419 e. The maximum absolute atomic E-state index is 13.8. The highest BCUT2D eigenvalue weighted by Gasteiger charge is 2.32. The van der Waals surface area contributed by atoms with E-state index in [1.165, 1.54) is 26.4 Å². The Morgan fingerprint density at radius 3 is 2.04 bits per heavy atom. The van der Waals surface area contributed by atoms with Gasteiger partial charge in [-0.3, -0.25) is 24.0 Å². The van der Waals surface area contributed by atoms with E-state index in [4.69, 9.17) is 19.9 Å². The Morgan fingerprint density at radius 2 is 1.44 bits per heavy atom. The highest BCUT2D eigenvalue weighted by atomic mass is 32.2. The molecular weight excluding hydrogens is 724 g/mol. The number of carbonyl (C=O) groups excluding carboxylic acids is 7. The molecule has 7 N–H and O–H groups in total. The third-order valence-electron chi connectivity index (χ3n) is 6.81. The summed E-state index contributed by atoms with van der Waals surface area (Å²) in [6, 6.07) is 3.98. The average Bonchev–Trinajstić information content (AvgIpc) is 3.52. The summed E-state index contributed by atoms with van der Waals surface area (Å²) in [6.45, 7) is 12.5. The number of rotatable bonds is 18. The first-order valence-corrected chi connectivity index (χ1v) is 18.2. The molecule has 1 aromatic heterocycles. The van der Waals surface area contributed by atoms with E-state index >= 15 is 0 Å². The molecule has 18 nitrogen and oxygen atoms in total. The largest absolute Gasteiger partial charge is 0.444 e. The van der Waals surface area contributed by atoms with Gasteiger partial charge in [-0.15, -0.1) is 11.8 Å². The van der Waals surface area contributed by atoms with Gasteiger partial charge in [-0.05, 0) is 54.0 Å². The van der Waals surface area contributed by atoms with E-state index in [0.29, 0.717) is 0 Å². The number of ether oxygens (including phenoxy) is 3. The van der Waals surface area contributed by atoms with Crippen LogP contribution in [0.2, 0.25) is 0 Å². The topological polar surface area (TPSA) is 251 Å². The van der Waals surface area contributed by atoms with Crippen LogP contribution in [0.5, 0.6) is 0 Å². The minimum Gasteiger partial charge on any atom is -0.444 e. The predicted octanol–water partition coefficient (Wildman–Crippen LogP) is 1.11. The van der Waals surface area contributed by atoms with Gasteiger partial charge in [-0.2, -0.15) is 0 Å². The van der Waals surface area contributed by atoms with Crippen molar-refractivity contribution in [3.05, 3.63) is 54.1 Å². The third-order valence-corrected chi connectivity index (χ3v) is 7.73. The van der Waals surface area contributed by atoms with Gasteiger partial charge >= 0.3 is 12.2 Å². The summed E-state index contributed by atoms with van der Waals surface area (Å²) in [7, 11) is 0. The van der Waals surface area contributed by atoms with Gasteiger partial charge in [0, 0.05) is 25.3 Å². The lowest BCUT2D eigenvalue weighted by molar-refractivity contribution is -0.134. The second-order valence-electron chi connectivity index (χ2n) is 14.2. The first-order chi connectivity index (χ1) is 25.1. The lowest BCUT2D eigenvalue weighted by atomic mass is 10.1. The summed E-state index contributed by atoms with van der Waals surface area (Å²) in [5, 5.41) is 12.6. The number of thioether (sulfide) groups is 1. The second kappa shape index (κ2) is 20.9. The molecule has 6 amide bonds. The van der Waals surface area contributed by atoms with Crippen LogP contribution in [0.1, 0.15) is 66.6 Å². The molecule has 1 aromatic carbocycles. The Bertz CT molecular complexity index is 1610. The Labute approximate surface area is 318 Å². The molecule has 0 fully saturated rings. The highest BCUT2D eigenvalue weighted by molar-refractivity contribution is 7.99. The summed E-state index contributed by atoms with van der Waals surface area (Å²) in [6.07, 6.45) is 0.680. The van der Waals surface area contributed by atoms with E-state index in [1.54, 1.807) is 65.8 Å². The number of alkyl carbamates (subject to hydrolysis) is 1. The van der Waals surface area contributed by atoms with Crippen LogP contribution in [0.25, 0.3) is 0 Å². The summed E-state index contributed by atoms with van der Waals surface area (Å²) in [4.78, 5) is 93.2. The second-order valence-corrected chi connectivity index (χ2v) is 15.2. The molecule has 298 valence electrons. The van der Waals surface area contributed by atoms with E-state index in [0.717, 1.165) is 21.9 Å². The zero-order valence-corrected chi connectivity index (χ0v) is 32.7. The molecule has 1 heterocycles. The molecule has 2 rings (SSSR count). The van der Waals surface area contributed by atoms with E-state index in [-0.39, 0.29) is 42.9 Å². The predicted molar refractivity (Wildman–Crippen MR) is 199 cm³/mol. The molecule has 0 aliphatic rings. The van der Waals surface area contributed by atoms with Crippen molar-refractivity contribution in [2.24, 2.45) is 5.73 Å². The van der Waals surface area contributed by atoms with Crippen LogP contribution < -0.4 is 32.3 Å². The van der Waals surface area contributed by atoms with Gasteiger partial charge in [0.1, 0.15) is 41.7 Å². The van der Waals surface area contributed by atoms with Crippen LogP contribution in [0.4, 0.5) is 9.59 Å². The fourth-order valence-corrected chi connectivity index (χ4v) is 5.18. The number of aromatic nitrogens is 2. The number of benzene rings is 1. The third kappa shape index (κ3) is 17.6. The standard InChI is InChI=1S/C35H52N8O10S/c1-21(29(46)41-27(28(36)45)18-54-20-38-22(2)44)39-31(48)26(17-51-16-23-12-10-9-11-13-23)40-30(47)25(42-32(49)52-34(3,4)5)14-24-15-43(19-37-24)33(50)53-35(6,7)8/h9-13,15,19,21,25-27H,14,16-18,20H2,1-8H3,(H2,36,45)(H,38,44)(H,39,48)(H,40,47)(H,41,46)(H,42,49)/t21-,25-,26-,27-/m0/s1. The molecule has 0 aliphatic carbocycles. The number of nitrogens with two attached hydrogens (primary N) is 1. The lowest BCUT2D eigenvalue weighted by Gasteiger charge is -2.26. The van der Waals surface area contributed by atoms with E-state index < -0.39 is 71.2 Å². The Morgan fingerprint density at radius 1 is 0.833 bits per heavy atom. The van der Waals surface area contributed by atoms with Crippen molar-refractivity contribution >= 4 is 53.5 Å². The molecule has 4 atom stereocenters. The summed E-state index contributed by atoms with van der Waals surface area (Å²) in [5.74, 6) is -3.26. The Hall–Kier alpha value is -5.17. The number of carbonyl (C=O) groups is 7. The van der Waals surface area contributed by atoms with Gasteiger partial charge in [0.25, 0.3) is 0 Å². The Balaban J connectivity index is 2.27. The number of primary amides is 1. The molecule has 19 heteroatoms. The first kappa shape index (κ1) is 45.0. The van der Waals surface area contributed by atoms with Gasteiger partial charge in [0.15, 0.2) is 0 Å². The number of amides is 6. The van der Waals surface area contributed by atoms with Crippen molar-refractivity contribution in [1.82, 2.24) is 36.1 Å². The van der Waals surface area contributed by atoms with Crippen LogP contribution in [-0.4, -0.2) is 105 Å². The number of imidazole rings is 1. The smallest absolute Gasteiger partial charge is 0.419 e. The van der Waals surface area contributed by atoms with Crippen molar-refractivity contribution < 1.29 is 47.8 Å². The van der Waals surface area contributed by atoms with Crippen molar-refractivity contribution in [2.45, 2.75) is 104 Å². The van der Waals surface area contributed by atoms with Gasteiger partial charge in [0.2, 0.25) is 29.5 Å². The van der Waals surface area contributed by atoms with Crippen molar-refractivity contribution in [2.75, 3.05) is 18.2 Å². The number of nitrogens with one attached hydrogen (secondary N) is 5. The molecule has 0 unspecified atom stereocenters. The fraction of sp³-hybridized carbons (Fsp3) is 0.543. The molecule has 0 radical (unpaired) electrons. The van der Waals surface area contributed by atoms with E-state index in [2.05, 4.69) is 31.6 Å². The van der Waals surface area contributed by atoms with Crippen molar-refractivity contribution in [1.29, 1.82) is 0 Å². The molecule has 0 bridgehead atoms. The fourth-order valence-electron chi connectivity index (χ4n) is 4.28. The summed E-state index contributed by atoms with van der Waals surface area (Å²) in [5.41, 5.74) is 4.77. The first-order valence-electron chi connectivity index (χ1n) is 17.0. The minimum atomic E-state index is -1.39. The van der Waals surface area contributed by atoms with Gasteiger partial charge < -0.3 is 46.5 Å². The molecule has 2 aromatic rings. The SMILES string of the molecule is CC(=O)NCSC[C@H](NC(=O)[C@H](C)NC(=O)[C@H](COCc1ccccc1)NC(=O)[C@H](Cc1cn(C(=O)OC(C)(C)C)cn1)NC(=O)OC(C)(C)C)C(N)=O. The molecule has 54 heavy (non-hydrogen) atoms. The van der Waals surface area contributed by atoms with Gasteiger partial charge in [-0.25, -0.2) is 19.1 Å². The summed E-state index contributed by atoms with van der Waals surface area (Å²) >= 11 is 1.15. The number of hydrogen-bond donors (Lipinski definition) is 6. The molecule has 0 saturated carbocycles. The van der Waals surface area contributed by atoms with Crippen LogP contribution in [0, 0.1) is 0 Å². The molecular formula is C35H52N8O10S. The normalized spacial score (nSPS) is 13.6. The van der Waals surface area contributed by atoms with E-state index in [1.807, 2.05) is 6.07 Å². The zero-order chi connectivity index (χ0) is 40.6. The molecule has 0 aliphatic heterocycles. The van der Waals surface area contributed by atoms with Crippen LogP contribution in [-0.2, 0) is 51.2 Å². The quantitative estimate of drug-likeness (QED) is 0.0920. The van der Waals surface area contributed by atoms with Gasteiger partial charge in [0.05, 0.1) is 24.8 Å². The lowest BCUT2D eigenvalue weighted by Crippen LogP contribution is -2.59. The minimum absolute atomic E-state index is 0.0517. The van der Waals surface area contributed by atoms with Crippen molar-refractivity contribution in [3.8, 4) is 0 Å². The monoisotopic (exact) mass is 776 g/mol. The van der Waals surface area contributed by atoms with Crippen molar-refractivity contribution in [3.63, 3.8) is 0 Å². The maximum atomic E-state index is 13.8. The van der Waals surface area contributed by atoms with E-state index in [9.17, 15) is 33.6 Å². The average molecular weight is 777 g/mol. The number of hydrogen-bond acceptors (Lipinski definition) is 12. The molecule has 0 saturated heterocycles. The van der Waals surface area contributed by atoms with Crippen LogP contribution in [0.15, 0.2) is 42.9 Å². The highest BCUT2D eigenvalue weighted by Crippen LogP contribution is 2.12. The number of nitrogens with zero attached hydrogens (tertiary/aromatic N) is 2. The van der Waals surface area contributed by atoms with Gasteiger partial charge in [-0.1, -0.05) is 30.3 Å².